The van der Waals surface area contributed by atoms with Gasteiger partial charge in [-0.3, -0.25) is 9.78 Å². The number of hydrogen-bond donors (Lipinski definition) is 1. The van der Waals surface area contributed by atoms with Crippen LogP contribution in [0.25, 0.3) is 0 Å². The van der Waals surface area contributed by atoms with Crippen molar-refractivity contribution in [3.8, 4) is 5.75 Å². The first-order valence-corrected chi connectivity index (χ1v) is 6.47. The maximum absolute atomic E-state index is 12.4. The molecule has 0 aromatic carbocycles. The summed E-state index contributed by atoms with van der Waals surface area (Å²) >= 11 is 0. The molecule has 1 amide bonds. The number of pyridine rings is 2. The molecule has 104 valence electrons. The fourth-order valence-electron chi connectivity index (χ4n) is 1.92. The van der Waals surface area contributed by atoms with Crippen molar-refractivity contribution in [3.05, 3.63) is 53.6 Å². The van der Waals surface area contributed by atoms with Crippen LogP contribution in [-0.4, -0.2) is 32.4 Å². The van der Waals surface area contributed by atoms with Gasteiger partial charge in [-0.05, 0) is 38.1 Å². The van der Waals surface area contributed by atoms with E-state index in [1.165, 1.54) is 12.3 Å². The summed E-state index contributed by atoms with van der Waals surface area (Å²) in [6, 6.07) is 8.74. The highest BCUT2D eigenvalue weighted by molar-refractivity contribution is 5.94. The summed E-state index contributed by atoms with van der Waals surface area (Å²) in [5, 5.41) is 9.71. The molecule has 0 atom stereocenters. The van der Waals surface area contributed by atoms with Crippen molar-refractivity contribution < 1.29 is 9.90 Å². The first kappa shape index (κ1) is 14.0. The summed E-state index contributed by atoms with van der Waals surface area (Å²) < 4.78 is 0. The summed E-state index contributed by atoms with van der Waals surface area (Å²) in [5.41, 5.74) is 1.80. The number of aromatic hydroxyl groups is 1. The average molecular weight is 271 g/mol. The Morgan fingerprint density at radius 2 is 2.10 bits per heavy atom. The number of aryl methyl sites for hydroxylation is 1. The number of hydrogen-bond acceptors (Lipinski definition) is 4. The van der Waals surface area contributed by atoms with E-state index < -0.39 is 0 Å². The van der Waals surface area contributed by atoms with E-state index >= 15 is 0 Å². The third-order valence-electron chi connectivity index (χ3n) is 2.96. The first-order valence-electron chi connectivity index (χ1n) is 6.47. The zero-order valence-electron chi connectivity index (χ0n) is 11.6. The molecule has 0 aliphatic heterocycles. The molecule has 0 fully saturated rings. The third-order valence-corrected chi connectivity index (χ3v) is 2.96. The quantitative estimate of drug-likeness (QED) is 0.925. The minimum Gasteiger partial charge on any atom is -0.505 e. The topological polar surface area (TPSA) is 66.3 Å². The number of carbonyl (C=O) groups excluding carboxylic acids is 1. The molecule has 0 saturated heterocycles. The molecule has 0 unspecified atom stereocenters. The lowest BCUT2D eigenvalue weighted by molar-refractivity contribution is 0.0741. The van der Waals surface area contributed by atoms with Crippen LogP contribution in [0.15, 0.2) is 36.5 Å². The molecule has 2 rings (SSSR count). The Bertz CT molecular complexity index is 614. The number of carbonyl (C=O) groups is 1. The summed E-state index contributed by atoms with van der Waals surface area (Å²) in [5.74, 6) is -0.401. The van der Waals surface area contributed by atoms with Gasteiger partial charge in [-0.1, -0.05) is 6.07 Å². The molecule has 1 N–H and O–H groups in total. The normalized spacial score (nSPS) is 10.3. The molecular formula is C15H17N3O2. The van der Waals surface area contributed by atoms with Crippen LogP contribution in [0, 0.1) is 6.92 Å². The van der Waals surface area contributed by atoms with Gasteiger partial charge in [0.15, 0.2) is 5.69 Å². The van der Waals surface area contributed by atoms with Gasteiger partial charge >= 0.3 is 0 Å². The average Bonchev–Trinajstić information content (AvgIpc) is 2.44. The maximum atomic E-state index is 12.4. The second-order valence-corrected chi connectivity index (χ2v) is 4.46. The lowest BCUT2D eigenvalue weighted by Gasteiger charge is -2.20. The monoisotopic (exact) mass is 271 g/mol. The highest BCUT2D eigenvalue weighted by Crippen LogP contribution is 2.16. The molecule has 20 heavy (non-hydrogen) atoms. The summed E-state index contributed by atoms with van der Waals surface area (Å²) in [7, 11) is 0. The minimum absolute atomic E-state index is 0.0713. The van der Waals surface area contributed by atoms with Crippen molar-refractivity contribution in [1.82, 2.24) is 14.9 Å². The maximum Gasteiger partial charge on any atom is 0.276 e. The van der Waals surface area contributed by atoms with Crippen molar-refractivity contribution in [2.24, 2.45) is 0 Å². The third kappa shape index (κ3) is 3.12. The van der Waals surface area contributed by atoms with Gasteiger partial charge < -0.3 is 10.0 Å². The highest BCUT2D eigenvalue weighted by atomic mass is 16.3. The zero-order valence-corrected chi connectivity index (χ0v) is 11.6. The largest absolute Gasteiger partial charge is 0.505 e. The van der Waals surface area contributed by atoms with Crippen LogP contribution >= 0.6 is 0 Å². The first-order chi connectivity index (χ1) is 9.61. The number of aromatic nitrogens is 2. The van der Waals surface area contributed by atoms with Crippen LogP contribution in [0.1, 0.15) is 28.8 Å². The minimum atomic E-state index is -0.297. The van der Waals surface area contributed by atoms with Gasteiger partial charge in [0.1, 0.15) is 5.75 Å². The smallest absolute Gasteiger partial charge is 0.276 e. The van der Waals surface area contributed by atoms with Gasteiger partial charge in [0, 0.05) is 18.4 Å². The Labute approximate surface area is 117 Å². The Kier molecular flexibility index (Phi) is 4.30. The van der Waals surface area contributed by atoms with Crippen LogP contribution in [0.4, 0.5) is 0 Å². The molecule has 0 spiro atoms. The second-order valence-electron chi connectivity index (χ2n) is 4.46. The van der Waals surface area contributed by atoms with Gasteiger partial charge in [0.2, 0.25) is 0 Å². The number of rotatable bonds is 4. The van der Waals surface area contributed by atoms with Crippen LogP contribution in [0.3, 0.4) is 0 Å². The van der Waals surface area contributed by atoms with Crippen molar-refractivity contribution in [2.45, 2.75) is 20.4 Å². The Hall–Kier alpha value is -2.43. The molecule has 2 heterocycles. The zero-order chi connectivity index (χ0) is 14.5. The Balaban J connectivity index is 2.20. The molecular weight excluding hydrogens is 254 g/mol. The molecule has 5 heteroatoms. The van der Waals surface area contributed by atoms with Gasteiger partial charge in [0.05, 0.1) is 12.2 Å². The molecule has 0 bridgehead atoms. The SMILES string of the molecule is CCN(Cc1cccc(C)n1)C(=O)c1ncccc1O. The van der Waals surface area contributed by atoms with E-state index in [0.29, 0.717) is 13.1 Å². The summed E-state index contributed by atoms with van der Waals surface area (Å²) in [4.78, 5) is 22.3. The van der Waals surface area contributed by atoms with E-state index in [0.717, 1.165) is 11.4 Å². The molecule has 5 nitrogen and oxygen atoms in total. The van der Waals surface area contributed by atoms with Crippen molar-refractivity contribution >= 4 is 5.91 Å². The Morgan fingerprint density at radius 3 is 2.75 bits per heavy atom. The molecule has 0 saturated carbocycles. The van der Waals surface area contributed by atoms with Gasteiger partial charge in [0.25, 0.3) is 5.91 Å². The fourth-order valence-corrected chi connectivity index (χ4v) is 1.92. The van der Waals surface area contributed by atoms with Crippen LogP contribution in [0.5, 0.6) is 5.75 Å². The van der Waals surface area contributed by atoms with Gasteiger partial charge in [-0.2, -0.15) is 0 Å². The predicted octanol–water partition coefficient (Wildman–Crippen LogP) is 2.15. The van der Waals surface area contributed by atoms with Crippen LogP contribution < -0.4 is 0 Å². The predicted molar refractivity (Wildman–Crippen MR) is 75.3 cm³/mol. The highest BCUT2D eigenvalue weighted by Gasteiger charge is 2.19. The van der Waals surface area contributed by atoms with E-state index in [9.17, 15) is 9.90 Å². The molecule has 2 aromatic rings. The molecule has 0 radical (unpaired) electrons. The van der Waals surface area contributed by atoms with Gasteiger partial charge in [-0.25, -0.2) is 4.98 Å². The number of amides is 1. The molecule has 2 aromatic heterocycles. The van der Waals surface area contributed by atoms with E-state index in [2.05, 4.69) is 9.97 Å². The van der Waals surface area contributed by atoms with E-state index in [-0.39, 0.29) is 17.4 Å². The fraction of sp³-hybridized carbons (Fsp3) is 0.267. The second kappa shape index (κ2) is 6.14. The van der Waals surface area contributed by atoms with E-state index in [1.807, 2.05) is 32.0 Å². The molecule has 0 aliphatic carbocycles. The van der Waals surface area contributed by atoms with E-state index in [1.54, 1.807) is 11.0 Å². The van der Waals surface area contributed by atoms with Crippen LogP contribution in [-0.2, 0) is 6.54 Å². The van der Waals surface area contributed by atoms with Crippen LogP contribution in [0.2, 0.25) is 0 Å². The lowest BCUT2D eigenvalue weighted by Crippen LogP contribution is -2.31. The Morgan fingerprint density at radius 1 is 1.30 bits per heavy atom. The molecule has 0 aliphatic rings. The van der Waals surface area contributed by atoms with Crippen molar-refractivity contribution in [3.63, 3.8) is 0 Å². The van der Waals surface area contributed by atoms with Crippen molar-refractivity contribution in [2.75, 3.05) is 6.54 Å². The number of nitrogens with zero attached hydrogens (tertiary/aromatic N) is 3. The standard InChI is InChI=1S/C15H17N3O2/c1-3-18(10-12-7-4-6-11(2)17-12)15(20)14-13(19)8-5-9-16-14/h4-9,19H,3,10H2,1-2H3. The summed E-state index contributed by atoms with van der Waals surface area (Å²) in [6.07, 6.45) is 1.49. The van der Waals surface area contributed by atoms with Gasteiger partial charge in [-0.15, -0.1) is 0 Å². The summed E-state index contributed by atoms with van der Waals surface area (Å²) in [6.45, 7) is 4.71. The van der Waals surface area contributed by atoms with E-state index in [4.69, 9.17) is 0 Å². The lowest BCUT2D eigenvalue weighted by atomic mass is 10.2. The van der Waals surface area contributed by atoms with Crippen molar-refractivity contribution in [1.29, 1.82) is 0 Å².